The van der Waals surface area contributed by atoms with Gasteiger partial charge in [0.15, 0.2) is 6.04 Å². The molecular formula is C13H17NO5. The minimum atomic E-state index is -1.14. The lowest BCUT2D eigenvalue weighted by Gasteiger charge is -2.15. The first-order valence-corrected chi connectivity index (χ1v) is 5.84. The van der Waals surface area contributed by atoms with Crippen LogP contribution in [-0.4, -0.2) is 43.3 Å². The van der Waals surface area contributed by atoms with Crippen LogP contribution in [0.2, 0.25) is 0 Å². The number of carbonyl (C=O) groups excluding carboxylic acids is 1. The number of aliphatic carboxylic acids is 1. The van der Waals surface area contributed by atoms with Crippen molar-refractivity contribution in [1.29, 1.82) is 0 Å². The zero-order chi connectivity index (χ0) is 14.3. The molecule has 0 aliphatic carbocycles. The topological polar surface area (TPSA) is 84.9 Å². The summed E-state index contributed by atoms with van der Waals surface area (Å²) in [5.74, 6) is -1.26. The third-order valence-corrected chi connectivity index (χ3v) is 2.44. The van der Waals surface area contributed by atoms with Crippen LogP contribution in [0, 0.1) is 0 Å². The van der Waals surface area contributed by atoms with Crippen LogP contribution < -0.4 is 10.1 Å². The summed E-state index contributed by atoms with van der Waals surface area (Å²) in [6.45, 7) is 2.06. The summed E-state index contributed by atoms with van der Waals surface area (Å²) >= 11 is 0. The van der Waals surface area contributed by atoms with Crippen molar-refractivity contribution in [3.8, 4) is 5.75 Å². The number of carbonyl (C=O) groups is 2. The molecule has 6 nitrogen and oxygen atoms in total. The number of para-hydroxylation sites is 1. The highest BCUT2D eigenvalue weighted by atomic mass is 16.5. The second kappa shape index (κ2) is 7.38. The van der Waals surface area contributed by atoms with E-state index in [-0.39, 0.29) is 12.2 Å². The number of carboxylic acid groups (broad SMARTS) is 1. The van der Waals surface area contributed by atoms with Crippen molar-refractivity contribution in [1.82, 2.24) is 5.32 Å². The fourth-order valence-electron chi connectivity index (χ4n) is 1.48. The molecule has 1 aromatic carbocycles. The number of hydrogen-bond donors (Lipinski definition) is 2. The molecule has 2 N–H and O–H groups in total. The van der Waals surface area contributed by atoms with Gasteiger partial charge in [-0.3, -0.25) is 4.79 Å². The summed E-state index contributed by atoms with van der Waals surface area (Å²) in [6, 6.07) is 5.51. The van der Waals surface area contributed by atoms with Crippen molar-refractivity contribution in [3.63, 3.8) is 0 Å². The second-order valence-corrected chi connectivity index (χ2v) is 3.72. The highest BCUT2D eigenvalue weighted by molar-refractivity contribution is 5.98. The SMILES string of the molecule is CCOC[C@H](NC(=O)c1ccccc1OC)C(=O)O. The van der Waals surface area contributed by atoms with Gasteiger partial charge in [0.05, 0.1) is 19.3 Å². The van der Waals surface area contributed by atoms with Crippen LogP contribution in [0.4, 0.5) is 0 Å². The summed E-state index contributed by atoms with van der Waals surface area (Å²) < 4.78 is 10.1. The molecule has 0 saturated carbocycles. The molecule has 0 aliphatic rings. The number of amides is 1. The monoisotopic (exact) mass is 267 g/mol. The maximum atomic E-state index is 12.0. The number of methoxy groups -OCH3 is 1. The average Bonchev–Trinajstić information content (AvgIpc) is 2.42. The quantitative estimate of drug-likeness (QED) is 0.767. The molecule has 0 bridgehead atoms. The second-order valence-electron chi connectivity index (χ2n) is 3.72. The highest BCUT2D eigenvalue weighted by Gasteiger charge is 2.22. The zero-order valence-corrected chi connectivity index (χ0v) is 10.9. The lowest BCUT2D eigenvalue weighted by molar-refractivity contribution is -0.140. The molecule has 1 atom stereocenters. The fourth-order valence-corrected chi connectivity index (χ4v) is 1.48. The van der Waals surface area contributed by atoms with E-state index in [1.54, 1.807) is 31.2 Å². The molecule has 1 rings (SSSR count). The van der Waals surface area contributed by atoms with E-state index < -0.39 is 17.9 Å². The molecule has 19 heavy (non-hydrogen) atoms. The highest BCUT2D eigenvalue weighted by Crippen LogP contribution is 2.16. The van der Waals surface area contributed by atoms with Gasteiger partial charge >= 0.3 is 5.97 Å². The molecule has 0 spiro atoms. The third-order valence-electron chi connectivity index (χ3n) is 2.44. The Bertz CT molecular complexity index is 446. The lowest BCUT2D eigenvalue weighted by Crippen LogP contribution is -2.44. The smallest absolute Gasteiger partial charge is 0.328 e. The normalized spacial score (nSPS) is 11.7. The third kappa shape index (κ3) is 4.26. The van der Waals surface area contributed by atoms with Crippen LogP contribution in [-0.2, 0) is 9.53 Å². The van der Waals surface area contributed by atoms with E-state index in [0.29, 0.717) is 12.4 Å². The number of carboxylic acids is 1. The Hall–Kier alpha value is -2.08. The molecule has 0 unspecified atom stereocenters. The molecule has 0 saturated heterocycles. The first-order chi connectivity index (χ1) is 9.10. The van der Waals surface area contributed by atoms with E-state index in [9.17, 15) is 9.59 Å². The number of ether oxygens (including phenoxy) is 2. The summed E-state index contributed by atoms with van der Waals surface area (Å²) in [6.07, 6.45) is 0. The van der Waals surface area contributed by atoms with Gasteiger partial charge in [0.25, 0.3) is 5.91 Å². The van der Waals surface area contributed by atoms with Crippen molar-refractivity contribution in [3.05, 3.63) is 29.8 Å². The van der Waals surface area contributed by atoms with Gasteiger partial charge in [-0.15, -0.1) is 0 Å². The Labute approximate surface area is 111 Å². The van der Waals surface area contributed by atoms with Gasteiger partial charge < -0.3 is 19.9 Å². The molecule has 0 aromatic heterocycles. The van der Waals surface area contributed by atoms with Gasteiger partial charge in [-0.05, 0) is 19.1 Å². The van der Waals surface area contributed by atoms with E-state index in [4.69, 9.17) is 14.6 Å². The Morgan fingerprint density at radius 3 is 2.63 bits per heavy atom. The van der Waals surface area contributed by atoms with Crippen LogP contribution in [0.5, 0.6) is 5.75 Å². The van der Waals surface area contributed by atoms with E-state index >= 15 is 0 Å². The van der Waals surface area contributed by atoms with Crippen LogP contribution in [0.3, 0.4) is 0 Å². The number of nitrogens with one attached hydrogen (secondary N) is 1. The molecule has 104 valence electrons. The Balaban J connectivity index is 2.78. The number of benzene rings is 1. The first-order valence-electron chi connectivity index (χ1n) is 5.84. The molecule has 0 fully saturated rings. The van der Waals surface area contributed by atoms with Crippen molar-refractivity contribution < 1.29 is 24.2 Å². The van der Waals surface area contributed by atoms with Crippen molar-refractivity contribution in [2.75, 3.05) is 20.3 Å². The van der Waals surface area contributed by atoms with E-state index in [2.05, 4.69) is 5.32 Å². The standard InChI is InChI=1S/C13H17NO5/c1-3-19-8-10(13(16)17)14-12(15)9-6-4-5-7-11(9)18-2/h4-7,10H,3,8H2,1-2H3,(H,14,15)(H,16,17)/t10-/m0/s1. The van der Waals surface area contributed by atoms with Gasteiger partial charge in [0.1, 0.15) is 5.75 Å². The Morgan fingerprint density at radius 1 is 1.37 bits per heavy atom. The Morgan fingerprint density at radius 2 is 2.05 bits per heavy atom. The van der Waals surface area contributed by atoms with Gasteiger partial charge in [-0.1, -0.05) is 12.1 Å². The predicted octanol–water partition coefficient (Wildman–Crippen LogP) is 0.915. The van der Waals surface area contributed by atoms with Crippen LogP contribution in [0.15, 0.2) is 24.3 Å². The maximum Gasteiger partial charge on any atom is 0.328 e. The van der Waals surface area contributed by atoms with Crippen molar-refractivity contribution >= 4 is 11.9 Å². The fraction of sp³-hybridized carbons (Fsp3) is 0.385. The van der Waals surface area contributed by atoms with Crippen LogP contribution in [0.1, 0.15) is 17.3 Å². The summed E-state index contributed by atoms with van der Waals surface area (Å²) in [4.78, 5) is 23.0. The lowest BCUT2D eigenvalue weighted by atomic mass is 10.1. The first kappa shape index (κ1) is 15.0. The van der Waals surface area contributed by atoms with Gasteiger partial charge in [-0.2, -0.15) is 0 Å². The maximum absolute atomic E-state index is 12.0. The van der Waals surface area contributed by atoms with Crippen molar-refractivity contribution in [2.24, 2.45) is 0 Å². The molecular weight excluding hydrogens is 250 g/mol. The van der Waals surface area contributed by atoms with Gasteiger partial charge in [0, 0.05) is 6.61 Å². The number of hydrogen-bond acceptors (Lipinski definition) is 4. The summed E-state index contributed by atoms with van der Waals surface area (Å²) in [5, 5.41) is 11.4. The summed E-state index contributed by atoms with van der Waals surface area (Å²) in [7, 11) is 1.45. The van der Waals surface area contributed by atoms with Crippen LogP contribution in [0.25, 0.3) is 0 Å². The van der Waals surface area contributed by atoms with E-state index in [1.165, 1.54) is 7.11 Å². The molecule has 1 aromatic rings. The molecule has 6 heteroatoms. The van der Waals surface area contributed by atoms with Gasteiger partial charge in [0.2, 0.25) is 0 Å². The summed E-state index contributed by atoms with van der Waals surface area (Å²) in [5.41, 5.74) is 0.285. The predicted molar refractivity (Wildman–Crippen MR) is 68.4 cm³/mol. The molecule has 0 heterocycles. The minimum Gasteiger partial charge on any atom is -0.496 e. The number of rotatable bonds is 7. The average molecular weight is 267 g/mol. The van der Waals surface area contributed by atoms with E-state index in [1.807, 2.05) is 0 Å². The molecule has 0 radical (unpaired) electrons. The molecule has 0 aliphatic heterocycles. The van der Waals surface area contributed by atoms with E-state index in [0.717, 1.165) is 0 Å². The van der Waals surface area contributed by atoms with Crippen molar-refractivity contribution in [2.45, 2.75) is 13.0 Å². The van der Waals surface area contributed by atoms with Crippen LogP contribution >= 0.6 is 0 Å². The largest absolute Gasteiger partial charge is 0.496 e. The Kier molecular flexibility index (Phi) is 5.81. The zero-order valence-electron chi connectivity index (χ0n) is 10.9. The molecule has 1 amide bonds. The minimum absolute atomic E-state index is 0.0767. The van der Waals surface area contributed by atoms with Gasteiger partial charge in [-0.25, -0.2) is 4.79 Å².